The van der Waals surface area contributed by atoms with Crippen molar-refractivity contribution in [2.45, 2.75) is 0 Å². The monoisotopic (exact) mass is 318 g/mol. The molecule has 0 bridgehead atoms. The Morgan fingerprint density at radius 3 is 2.71 bits per heavy atom. The van der Waals surface area contributed by atoms with Crippen LogP contribution in [0.25, 0.3) is 0 Å². The normalized spacial score (nSPS) is 9.76. The molecule has 1 rings (SSSR count). The molecule has 0 radical (unpaired) electrons. The highest BCUT2D eigenvalue weighted by Crippen LogP contribution is 2.20. The van der Waals surface area contributed by atoms with Crippen LogP contribution in [0, 0.1) is 10.1 Å². The molecule has 17 heavy (non-hydrogen) atoms. The van der Waals surface area contributed by atoms with Crippen molar-refractivity contribution in [3.63, 3.8) is 0 Å². The van der Waals surface area contributed by atoms with Crippen LogP contribution in [0.2, 0.25) is 5.02 Å². The summed E-state index contributed by atoms with van der Waals surface area (Å²) in [6, 6.07) is 3.71. The van der Waals surface area contributed by atoms with Gasteiger partial charge < -0.3 is 5.32 Å². The maximum atomic E-state index is 11.6. The predicted octanol–water partition coefficient (Wildman–Crippen LogP) is 2.89. The van der Waals surface area contributed by atoms with Crippen LogP contribution in [0.3, 0.4) is 0 Å². The van der Waals surface area contributed by atoms with Gasteiger partial charge in [0.2, 0.25) is 0 Å². The fourth-order valence-corrected chi connectivity index (χ4v) is 1.46. The van der Waals surface area contributed by atoms with E-state index in [1.165, 1.54) is 12.1 Å². The number of non-ortho nitro benzene ring substituents is 1. The van der Waals surface area contributed by atoms with Crippen LogP contribution < -0.4 is 5.32 Å². The van der Waals surface area contributed by atoms with Crippen LogP contribution >= 0.6 is 27.5 Å². The summed E-state index contributed by atoms with van der Waals surface area (Å²) in [6.07, 6.45) is 0. The molecular formula is C10H8BrClN2O3. The molecule has 7 heteroatoms. The molecule has 1 aromatic rings. The number of carbonyl (C=O) groups is 1. The van der Waals surface area contributed by atoms with Gasteiger partial charge in [-0.1, -0.05) is 34.1 Å². The van der Waals surface area contributed by atoms with Gasteiger partial charge in [0.15, 0.2) is 0 Å². The van der Waals surface area contributed by atoms with E-state index in [0.29, 0.717) is 4.48 Å². The summed E-state index contributed by atoms with van der Waals surface area (Å²) in [4.78, 5) is 21.6. The lowest BCUT2D eigenvalue weighted by atomic mass is 10.2. The molecule has 0 aliphatic heterocycles. The number of halogens is 2. The Hall–Kier alpha value is -1.40. The fourth-order valence-electron chi connectivity index (χ4n) is 1.09. The van der Waals surface area contributed by atoms with Gasteiger partial charge in [0.1, 0.15) is 0 Å². The van der Waals surface area contributed by atoms with E-state index < -0.39 is 10.8 Å². The number of amides is 1. The zero-order valence-electron chi connectivity index (χ0n) is 8.57. The van der Waals surface area contributed by atoms with Crippen molar-refractivity contribution < 1.29 is 9.72 Å². The Labute approximate surface area is 111 Å². The number of nitrogens with one attached hydrogen (secondary N) is 1. The van der Waals surface area contributed by atoms with Gasteiger partial charge >= 0.3 is 0 Å². The summed E-state index contributed by atoms with van der Waals surface area (Å²) in [7, 11) is 0. The molecule has 90 valence electrons. The van der Waals surface area contributed by atoms with E-state index in [9.17, 15) is 14.9 Å². The van der Waals surface area contributed by atoms with Crippen molar-refractivity contribution in [1.29, 1.82) is 0 Å². The second-order valence-electron chi connectivity index (χ2n) is 3.16. The van der Waals surface area contributed by atoms with Crippen molar-refractivity contribution in [2.24, 2.45) is 0 Å². The third kappa shape index (κ3) is 4.16. The van der Waals surface area contributed by atoms with Crippen molar-refractivity contribution in [1.82, 2.24) is 5.32 Å². The van der Waals surface area contributed by atoms with E-state index in [-0.39, 0.29) is 22.8 Å². The summed E-state index contributed by atoms with van der Waals surface area (Å²) < 4.78 is 0.599. The van der Waals surface area contributed by atoms with E-state index in [1.807, 2.05) is 0 Å². The van der Waals surface area contributed by atoms with E-state index in [2.05, 4.69) is 27.8 Å². The number of hydrogen-bond donors (Lipinski definition) is 1. The van der Waals surface area contributed by atoms with Crippen LogP contribution in [0.4, 0.5) is 5.69 Å². The summed E-state index contributed by atoms with van der Waals surface area (Å²) in [5.74, 6) is -0.448. The minimum atomic E-state index is -0.605. The minimum absolute atomic E-state index is 0.137. The van der Waals surface area contributed by atoms with Gasteiger partial charge in [-0.3, -0.25) is 14.9 Å². The summed E-state index contributed by atoms with van der Waals surface area (Å²) >= 11 is 8.77. The zero-order chi connectivity index (χ0) is 13.0. The molecule has 0 fully saturated rings. The second-order valence-corrected chi connectivity index (χ2v) is 4.71. The molecule has 0 heterocycles. The average Bonchev–Trinajstić information content (AvgIpc) is 2.24. The first-order chi connectivity index (χ1) is 7.90. The minimum Gasteiger partial charge on any atom is -0.347 e. The molecule has 0 atom stereocenters. The van der Waals surface area contributed by atoms with Crippen molar-refractivity contribution >= 4 is 39.1 Å². The Bertz CT molecular complexity index is 490. The smallest absolute Gasteiger partial charge is 0.271 e. The Kier molecular flexibility index (Phi) is 4.65. The van der Waals surface area contributed by atoms with Gasteiger partial charge in [0.05, 0.1) is 4.92 Å². The molecule has 0 saturated heterocycles. The lowest BCUT2D eigenvalue weighted by Gasteiger charge is -2.04. The molecule has 1 amide bonds. The van der Waals surface area contributed by atoms with Crippen LogP contribution in [0.15, 0.2) is 29.3 Å². The highest BCUT2D eigenvalue weighted by molar-refractivity contribution is 9.11. The number of rotatable bonds is 4. The molecule has 1 aromatic carbocycles. The molecule has 0 aliphatic carbocycles. The van der Waals surface area contributed by atoms with Crippen LogP contribution in [-0.2, 0) is 0 Å². The van der Waals surface area contributed by atoms with Crippen LogP contribution in [0.1, 0.15) is 10.4 Å². The third-order valence-corrected chi connectivity index (χ3v) is 2.29. The van der Waals surface area contributed by atoms with E-state index in [4.69, 9.17) is 11.6 Å². The van der Waals surface area contributed by atoms with Gasteiger partial charge in [-0.25, -0.2) is 0 Å². The SMILES string of the molecule is C=C(Br)CNC(=O)c1cc(Cl)cc([N+](=O)[O-])c1. The van der Waals surface area contributed by atoms with E-state index in [0.717, 1.165) is 6.07 Å². The first kappa shape index (κ1) is 13.7. The lowest BCUT2D eigenvalue weighted by Crippen LogP contribution is -2.24. The number of nitrogens with zero attached hydrogens (tertiary/aromatic N) is 1. The van der Waals surface area contributed by atoms with Crippen LogP contribution in [-0.4, -0.2) is 17.4 Å². The molecule has 0 unspecified atom stereocenters. The Morgan fingerprint density at radius 1 is 1.53 bits per heavy atom. The van der Waals surface area contributed by atoms with E-state index in [1.54, 1.807) is 0 Å². The van der Waals surface area contributed by atoms with Gasteiger partial charge in [-0.05, 0) is 6.07 Å². The molecule has 0 aromatic heterocycles. The quantitative estimate of drug-likeness (QED) is 0.685. The first-order valence-electron chi connectivity index (χ1n) is 4.46. The number of nitro benzene ring substituents is 1. The lowest BCUT2D eigenvalue weighted by molar-refractivity contribution is -0.384. The summed E-state index contributed by atoms with van der Waals surface area (Å²) in [5, 5.41) is 13.3. The highest BCUT2D eigenvalue weighted by Gasteiger charge is 2.13. The molecule has 1 N–H and O–H groups in total. The maximum Gasteiger partial charge on any atom is 0.271 e. The topological polar surface area (TPSA) is 72.2 Å². The predicted molar refractivity (Wildman–Crippen MR) is 68.5 cm³/mol. The highest BCUT2D eigenvalue weighted by atomic mass is 79.9. The number of benzene rings is 1. The Morgan fingerprint density at radius 2 is 2.18 bits per heavy atom. The molecule has 0 aliphatic rings. The molecule has 0 saturated carbocycles. The zero-order valence-corrected chi connectivity index (χ0v) is 10.9. The van der Waals surface area contributed by atoms with Crippen LogP contribution in [0.5, 0.6) is 0 Å². The Balaban J connectivity index is 2.93. The van der Waals surface area contributed by atoms with Crippen molar-refractivity contribution in [3.05, 3.63) is 50.0 Å². The van der Waals surface area contributed by atoms with Crippen molar-refractivity contribution in [3.8, 4) is 0 Å². The average molecular weight is 320 g/mol. The largest absolute Gasteiger partial charge is 0.347 e. The molecular weight excluding hydrogens is 311 g/mol. The molecule has 5 nitrogen and oxygen atoms in total. The number of carbonyl (C=O) groups excluding carboxylic acids is 1. The van der Waals surface area contributed by atoms with Crippen molar-refractivity contribution in [2.75, 3.05) is 6.54 Å². The maximum absolute atomic E-state index is 11.6. The molecule has 0 spiro atoms. The van der Waals surface area contributed by atoms with Gasteiger partial charge in [0.25, 0.3) is 11.6 Å². The number of hydrogen-bond acceptors (Lipinski definition) is 3. The summed E-state index contributed by atoms with van der Waals surface area (Å²) in [6.45, 7) is 3.79. The number of nitro groups is 1. The second kappa shape index (κ2) is 5.79. The van der Waals surface area contributed by atoms with Gasteiger partial charge in [0, 0.05) is 33.7 Å². The van der Waals surface area contributed by atoms with E-state index >= 15 is 0 Å². The third-order valence-electron chi connectivity index (χ3n) is 1.80. The fraction of sp³-hybridized carbons (Fsp3) is 0.100. The first-order valence-corrected chi connectivity index (χ1v) is 5.63. The van der Waals surface area contributed by atoms with Gasteiger partial charge in [-0.15, -0.1) is 0 Å². The standard InChI is InChI=1S/C10H8BrClN2O3/c1-6(11)5-13-10(15)7-2-8(12)4-9(3-7)14(16)17/h2-4H,1,5H2,(H,13,15). The van der Waals surface area contributed by atoms with Gasteiger partial charge in [-0.2, -0.15) is 0 Å². The summed E-state index contributed by atoms with van der Waals surface area (Å²) in [5.41, 5.74) is -0.0849.